The molecule has 3 unspecified atom stereocenters. The molecule has 106 valence electrons. The van der Waals surface area contributed by atoms with Gasteiger partial charge < -0.3 is 5.32 Å². The Morgan fingerprint density at radius 3 is 2.68 bits per heavy atom. The number of fused-ring (bicyclic) bond motifs is 1. The van der Waals surface area contributed by atoms with Crippen LogP contribution < -0.4 is 5.32 Å². The molecule has 1 aliphatic rings. The van der Waals surface area contributed by atoms with Crippen LogP contribution in [0.15, 0.2) is 24.3 Å². The molecule has 1 aliphatic carbocycles. The molecule has 0 saturated carbocycles. The zero-order chi connectivity index (χ0) is 13.8. The minimum Gasteiger partial charge on any atom is -0.312 e. The van der Waals surface area contributed by atoms with Crippen LogP contribution in [0.4, 0.5) is 0 Å². The highest BCUT2D eigenvalue weighted by Gasteiger charge is 2.34. The van der Waals surface area contributed by atoms with Crippen molar-refractivity contribution in [2.75, 3.05) is 20.1 Å². The molecule has 2 rings (SSSR count). The lowest BCUT2D eigenvalue weighted by Gasteiger charge is -2.34. The topological polar surface area (TPSA) is 15.3 Å². The van der Waals surface area contributed by atoms with Gasteiger partial charge in [0.1, 0.15) is 0 Å². The lowest BCUT2D eigenvalue weighted by molar-refractivity contribution is 0.154. The average molecular weight is 260 g/mol. The Kier molecular flexibility index (Phi) is 5.00. The summed E-state index contributed by atoms with van der Waals surface area (Å²) in [6.07, 6.45) is 2.45. The molecule has 1 aromatic rings. The molecule has 2 heteroatoms. The van der Waals surface area contributed by atoms with Crippen molar-refractivity contribution in [2.24, 2.45) is 5.92 Å². The van der Waals surface area contributed by atoms with E-state index >= 15 is 0 Å². The van der Waals surface area contributed by atoms with Crippen LogP contribution >= 0.6 is 0 Å². The molecule has 0 aliphatic heterocycles. The third-order valence-corrected chi connectivity index (χ3v) is 4.63. The summed E-state index contributed by atoms with van der Waals surface area (Å²) < 4.78 is 0. The largest absolute Gasteiger partial charge is 0.312 e. The third-order valence-electron chi connectivity index (χ3n) is 4.63. The SMILES string of the molecule is CCC(C)CN(CC)C1Cc2ccccc2C1NC. The van der Waals surface area contributed by atoms with Crippen LogP contribution in [0.3, 0.4) is 0 Å². The summed E-state index contributed by atoms with van der Waals surface area (Å²) in [4.78, 5) is 2.66. The summed E-state index contributed by atoms with van der Waals surface area (Å²) in [6.45, 7) is 9.29. The summed E-state index contributed by atoms with van der Waals surface area (Å²) in [6, 6.07) is 10.0. The van der Waals surface area contributed by atoms with Crippen molar-refractivity contribution in [1.29, 1.82) is 0 Å². The van der Waals surface area contributed by atoms with E-state index in [4.69, 9.17) is 0 Å². The van der Waals surface area contributed by atoms with Crippen molar-refractivity contribution in [3.63, 3.8) is 0 Å². The quantitative estimate of drug-likeness (QED) is 0.844. The molecule has 2 nitrogen and oxygen atoms in total. The fraction of sp³-hybridized carbons (Fsp3) is 0.647. The Balaban J connectivity index is 2.16. The Labute approximate surface area is 118 Å². The van der Waals surface area contributed by atoms with Gasteiger partial charge in [0, 0.05) is 18.6 Å². The predicted octanol–water partition coefficient (Wildman–Crippen LogP) is 3.24. The number of likely N-dealkylation sites (N-methyl/N-ethyl adjacent to an activating group) is 2. The van der Waals surface area contributed by atoms with Gasteiger partial charge in [0.05, 0.1) is 0 Å². The number of benzene rings is 1. The second kappa shape index (κ2) is 6.53. The van der Waals surface area contributed by atoms with Crippen LogP contribution in [0.1, 0.15) is 44.4 Å². The lowest BCUT2D eigenvalue weighted by Crippen LogP contribution is -2.44. The Hall–Kier alpha value is -0.860. The fourth-order valence-corrected chi connectivity index (χ4v) is 3.29. The summed E-state index contributed by atoms with van der Waals surface area (Å²) in [7, 11) is 2.09. The Morgan fingerprint density at radius 1 is 1.32 bits per heavy atom. The summed E-state index contributed by atoms with van der Waals surface area (Å²) in [5.41, 5.74) is 3.02. The molecule has 1 aromatic carbocycles. The number of hydrogen-bond donors (Lipinski definition) is 1. The van der Waals surface area contributed by atoms with Gasteiger partial charge in [0.15, 0.2) is 0 Å². The predicted molar refractivity (Wildman–Crippen MR) is 82.4 cm³/mol. The number of nitrogens with one attached hydrogen (secondary N) is 1. The van der Waals surface area contributed by atoms with Gasteiger partial charge >= 0.3 is 0 Å². The molecule has 0 bridgehead atoms. The molecule has 19 heavy (non-hydrogen) atoms. The van der Waals surface area contributed by atoms with Crippen molar-refractivity contribution >= 4 is 0 Å². The highest BCUT2D eigenvalue weighted by atomic mass is 15.2. The van der Waals surface area contributed by atoms with E-state index < -0.39 is 0 Å². The van der Waals surface area contributed by atoms with Crippen LogP contribution in [0.5, 0.6) is 0 Å². The van der Waals surface area contributed by atoms with E-state index in [0.29, 0.717) is 12.1 Å². The second-order valence-electron chi connectivity index (χ2n) is 5.84. The van der Waals surface area contributed by atoms with E-state index in [-0.39, 0.29) is 0 Å². The van der Waals surface area contributed by atoms with Gasteiger partial charge in [-0.25, -0.2) is 0 Å². The molecule has 0 amide bonds. The van der Waals surface area contributed by atoms with E-state index in [9.17, 15) is 0 Å². The van der Waals surface area contributed by atoms with Gasteiger partial charge in [0.2, 0.25) is 0 Å². The second-order valence-corrected chi connectivity index (χ2v) is 5.84. The first-order chi connectivity index (χ1) is 9.21. The van der Waals surface area contributed by atoms with Crippen molar-refractivity contribution in [3.05, 3.63) is 35.4 Å². The Bertz CT molecular complexity index is 402. The van der Waals surface area contributed by atoms with Crippen molar-refractivity contribution < 1.29 is 0 Å². The first-order valence-electron chi connectivity index (χ1n) is 7.70. The minimum atomic E-state index is 0.486. The van der Waals surface area contributed by atoms with Crippen molar-refractivity contribution in [2.45, 2.75) is 45.7 Å². The molecule has 1 N–H and O–H groups in total. The van der Waals surface area contributed by atoms with Gasteiger partial charge in [-0.15, -0.1) is 0 Å². The maximum Gasteiger partial charge on any atom is 0.0481 e. The number of hydrogen-bond acceptors (Lipinski definition) is 2. The van der Waals surface area contributed by atoms with E-state index in [2.05, 4.69) is 62.3 Å². The molecule has 0 radical (unpaired) electrons. The van der Waals surface area contributed by atoms with Crippen LogP contribution in [0.2, 0.25) is 0 Å². The van der Waals surface area contributed by atoms with Crippen LogP contribution in [0, 0.1) is 5.92 Å². The van der Waals surface area contributed by atoms with Crippen LogP contribution in [-0.2, 0) is 6.42 Å². The van der Waals surface area contributed by atoms with Gasteiger partial charge in [-0.1, -0.05) is 51.5 Å². The maximum atomic E-state index is 3.53. The number of rotatable bonds is 6. The minimum absolute atomic E-state index is 0.486. The first-order valence-corrected chi connectivity index (χ1v) is 7.70. The van der Waals surface area contributed by atoms with Crippen molar-refractivity contribution in [3.8, 4) is 0 Å². The molecule has 0 fully saturated rings. The maximum absolute atomic E-state index is 3.53. The normalized spacial score (nSPS) is 23.6. The zero-order valence-electron chi connectivity index (χ0n) is 12.8. The highest BCUT2D eigenvalue weighted by molar-refractivity contribution is 5.37. The summed E-state index contributed by atoms with van der Waals surface area (Å²) in [5.74, 6) is 0.779. The van der Waals surface area contributed by atoms with E-state index in [1.165, 1.54) is 30.5 Å². The molecular weight excluding hydrogens is 232 g/mol. The van der Waals surface area contributed by atoms with Crippen LogP contribution in [-0.4, -0.2) is 31.1 Å². The highest BCUT2D eigenvalue weighted by Crippen LogP contribution is 2.34. The lowest BCUT2D eigenvalue weighted by atomic mass is 10.0. The molecule has 0 aromatic heterocycles. The molecular formula is C17H28N2. The zero-order valence-corrected chi connectivity index (χ0v) is 12.8. The van der Waals surface area contributed by atoms with Gasteiger partial charge in [-0.3, -0.25) is 4.90 Å². The van der Waals surface area contributed by atoms with Gasteiger partial charge in [0.25, 0.3) is 0 Å². The summed E-state index contributed by atoms with van der Waals surface area (Å²) >= 11 is 0. The van der Waals surface area contributed by atoms with E-state index in [0.717, 1.165) is 12.5 Å². The first kappa shape index (κ1) is 14.5. The van der Waals surface area contributed by atoms with Crippen molar-refractivity contribution in [1.82, 2.24) is 10.2 Å². The van der Waals surface area contributed by atoms with E-state index in [1.807, 2.05) is 0 Å². The smallest absolute Gasteiger partial charge is 0.0481 e. The summed E-state index contributed by atoms with van der Waals surface area (Å²) in [5, 5.41) is 3.53. The van der Waals surface area contributed by atoms with Gasteiger partial charge in [-0.05, 0) is 37.1 Å². The van der Waals surface area contributed by atoms with E-state index in [1.54, 1.807) is 0 Å². The monoisotopic (exact) mass is 260 g/mol. The molecule has 0 spiro atoms. The fourth-order valence-electron chi connectivity index (χ4n) is 3.29. The molecule has 3 atom stereocenters. The third kappa shape index (κ3) is 3.01. The number of nitrogens with zero attached hydrogens (tertiary/aromatic N) is 1. The standard InChI is InChI=1S/C17H28N2/c1-5-13(3)12-19(6-2)16-11-14-9-7-8-10-15(14)17(16)18-4/h7-10,13,16-18H,5-6,11-12H2,1-4H3. The average Bonchev–Trinajstić information content (AvgIpc) is 2.82. The van der Waals surface area contributed by atoms with Gasteiger partial charge in [-0.2, -0.15) is 0 Å². The Morgan fingerprint density at radius 2 is 2.05 bits per heavy atom. The molecule has 0 saturated heterocycles. The van der Waals surface area contributed by atoms with Crippen LogP contribution in [0.25, 0.3) is 0 Å². The molecule has 0 heterocycles.